The minimum Gasteiger partial charge on any atom is -0.384 e. The van der Waals surface area contributed by atoms with E-state index in [0.29, 0.717) is 18.4 Å². The summed E-state index contributed by atoms with van der Waals surface area (Å²) < 4.78 is 12.2. The Morgan fingerprint density at radius 2 is 2.56 bits per heavy atom. The van der Waals surface area contributed by atoms with Crippen molar-refractivity contribution >= 4 is 6.29 Å². The van der Waals surface area contributed by atoms with Gasteiger partial charge in [0.05, 0.1) is 0 Å². The first-order valence-electron chi connectivity index (χ1n) is 2.58. The van der Waals surface area contributed by atoms with E-state index in [2.05, 4.69) is 5.32 Å². The summed E-state index contributed by atoms with van der Waals surface area (Å²) in [5.41, 5.74) is 0.440. The number of hydrogen-bond acceptors (Lipinski definition) is 2. The van der Waals surface area contributed by atoms with E-state index in [-0.39, 0.29) is 0 Å². The molecule has 0 fully saturated rings. The van der Waals surface area contributed by atoms with E-state index < -0.39 is 5.83 Å². The molecule has 0 aromatic heterocycles. The van der Waals surface area contributed by atoms with Crippen molar-refractivity contribution in [3.63, 3.8) is 0 Å². The van der Waals surface area contributed by atoms with Crippen molar-refractivity contribution in [1.82, 2.24) is 5.32 Å². The van der Waals surface area contributed by atoms with Gasteiger partial charge in [0.25, 0.3) is 0 Å². The smallest absolute Gasteiger partial charge is 0.147 e. The maximum Gasteiger partial charge on any atom is 0.147 e. The molecule has 0 atom stereocenters. The summed E-state index contributed by atoms with van der Waals surface area (Å²) in [6, 6.07) is 0. The van der Waals surface area contributed by atoms with Crippen molar-refractivity contribution in [3.05, 3.63) is 23.7 Å². The lowest BCUT2D eigenvalue weighted by Crippen LogP contribution is -2.14. The summed E-state index contributed by atoms with van der Waals surface area (Å²) in [6.07, 6.45) is 3.08. The van der Waals surface area contributed by atoms with Crippen LogP contribution in [0.25, 0.3) is 0 Å². The van der Waals surface area contributed by atoms with Crippen LogP contribution in [0.3, 0.4) is 0 Å². The lowest BCUT2D eigenvalue weighted by Gasteiger charge is -2.04. The molecule has 0 saturated heterocycles. The van der Waals surface area contributed by atoms with Gasteiger partial charge in [-0.25, -0.2) is 4.39 Å². The average Bonchev–Trinajstić information content (AvgIpc) is 1.88. The molecule has 0 saturated carbocycles. The van der Waals surface area contributed by atoms with E-state index in [1.165, 1.54) is 12.3 Å². The largest absolute Gasteiger partial charge is 0.384 e. The molecule has 9 heavy (non-hydrogen) atoms. The number of carbonyl (C=O) groups excluding carboxylic acids is 1. The third-order valence-electron chi connectivity index (χ3n) is 1.02. The molecule has 0 radical (unpaired) electrons. The fraction of sp³-hybridized carbons (Fsp3) is 0.167. The van der Waals surface area contributed by atoms with Crippen molar-refractivity contribution in [1.29, 1.82) is 0 Å². The van der Waals surface area contributed by atoms with Gasteiger partial charge in [0.2, 0.25) is 0 Å². The van der Waals surface area contributed by atoms with Crippen LogP contribution in [0.5, 0.6) is 0 Å². The highest BCUT2D eigenvalue weighted by molar-refractivity contribution is 5.75. The van der Waals surface area contributed by atoms with Crippen LogP contribution in [0.15, 0.2) is 23.7 Å². The quantitative estimate of drug-likeness (QED) is 0.520. The van der Waals surface area contributed by atoms with Crippen molar-refractivity contribution in [3.8, 4) is 0 Å². The van der Waals surface area contributed by atoms with Crippen LogP contribution in [-0.4, -0.2) is 12.8 Å². The maximum absolute atomic E-state index is 12.2. The molecular formula is C6H6FNO. The monoisotopic (exact) mass is 127 g/mol. The van der Waals surface area contributed by atoms with Crippen LogP contribution in [0.4, 0.5) is 4.39 Å². The summed E-state index contributed by atoms with van der Waals surface area (Å²) in [6.45, 7) is 0.428. The zero-order valence-electron chi connectivity index (χ0n) is 4.73. The number of allylic oxidation sites excluding steroid dienone is 2. The van der Waals surface area contributed by atoms with Crippen LogP contribution in [-0.2, 0) is 4.79 Å². The first-order chi connectivity index (χ1) is 4.33. The van der Waals surface area contributed by atoms with Crippen LogP contribution in [0.2, 0.25) is 0 Å². The van der Waals surface area contributed by atoms with Crippen molar-refractivity contribution in [2.24, 2.45) is 0 Å². The molecular weight excluding hydrogens is 121 g/mol. The number of rotatable bonds is 1. The van der Waals surface area contributed by atoms with Crippen LogP contribution in [0.1, 0.15) is 0 Å². The predicted octanol–water partition coefficient (Wildman–Crippen LogP) is 0.526. The maximum atomic E-state index is 12.2. The Hall–Kier alpha value is -1.12. The first-order valence-corrected chi connectivity index (χ1v) is 2.58. The molecule has 0 unspecified atom stereocenters. The SMILES string of the molecule is O=CC1=CC(F)=CNC1. The Morgan fingerprint density at radius 3 is 3.00 bits per heavy atom. The number of aldehydes is 1. The van der Waals surface area contributed by atoms with Gasteiger partial charge in [-0.1, -0.05) is 0 Å². The summed E-state index contributed by atoms with van der Waals surface area (Å²) >= 11 is 0. The molecule has 3 heteroatoms. The van der Waals surface area contributed by atoms with Gasteiger partial charge in [0.15, 0.2) is 0 Å². The molecule has 1 aliphatic rings. The molecule has 1 rings (SSSR count). The number of dihydropyridines is 1. The number of halogens is 1. The van der Waals surface area contributed by atoms with E-state index in [0.717, 1.165) is 0 Å². The van der Waals surface area contributed by atoms with Gasteiger partial charge >= 0.3 is 0 Å². The molecule has 0 spiro atoms. The lowest BCUT2D eigenvalue weighted by atomic mass is 10.2. The van der Waals surface area contributed by atoms with Gasteiger partial charge < -0.3 is 5.32 Å². The van der Waals surface area contributed by atoms with Gasteiger partial charge in [-0.05, 0) is 6.08 Å². The fourth-order valence-corrected chi connectivity index (χ4v) is 0.612. The first kappa shape index (κ1) is 6.01. The van der Waals surface area contributed by atoms with E-state index in [1.54, 1.807) is 0 Å². The summed E-state index contributed by atoms with van der Waals surface area (Å²) in [4.78, 5) is 10.0. The number of hydrogen-bond donors (Lipinski definition) is 1. The Kier molecular flexibility index (Phi) is 1.63. The highest BCUT2D eigenvalue weighted by Gasteiger charge is 2.00. The van der Waals surface area contributed by atoms with Crippen molar-refractivity contribution in [2.75, 3.05) is 6.54 Å². The Morgan fingerprint density at radius 1 is 1.78 bits per heavy atom. The zero-order valence-corrected chi connectivity index (χ0v) is 4.73. The predicted molar refractivity (Wildman–Crippen MR) is 31.3 cm³/mol. The van der Waals surface area contributed by atoms with Gasteiger partial charge in [-0.2, -0.15) is 0 Å². The van der Waals surface area contributed by atoms with Gasteiger partial charge in [-0.15, -0.1) is 0 Å². The normalized spacial score (nSPS) is 17.4. The van der Waals surface area contributed by atoms with E-state index in [1.807, 2.05) is 0 Å². The van der Waals surface area contributed by atoms with Crippen LogP contribution >= 0.6 is 0 Å². The third kappa shape index (κ3) is 1.38. The average molecular weight is 127 g/mol. The second-order valence-corrected chi connectivity index (χ2v) is 1.75. The van der Waals surface area contributed by atoms with E-state index in [9.17, 15) is 9.18 Å². The molecule has 1 aliphatic heterocycles. The van der Waals surface area contributed by atoms with Gasteiger partial charge in [-0.3, -0.25) is 4.79 Å². The topological polar surface area (TPSA) is 29.1 Å². The Bertz CT molecular complexity index is 183. The summed E-state index contributed by atoms with van der Waals surface area (Å²) in [7, 11) is 0. The standard InChI is InChI=1S/C6H6FNO/c7-6-1-5(4-9)2-8-3-6/h1,3-4,8H,2H2. The molecule has 2 nitrogen and oxygen atoms in total. The molecule has 0 aromatic carbocycles. The number of carbonyl (C=O) groups is 1. The van der Waals surface area contributed by atoms with Crippen molar-refractivity contribution in [2.45, 2.75) is 0 Å². The van der Waals surface area contributed by atoms with E-state index >= 15 is 0 Å². The minimum absolute atomic E-state index is 0.400. The second kappa shape index (κ2) is 2.44. The Balaban J connectivity index is 2.74. The fourth-order valence-electron chi connectivity index (χ4n) is 0.612. The van der Waals surface area contributed by atoms with Gasteiger partial charge in [0.1, 0.15) is 12.1 Å². The molecule has 1 heterocycles. The zero-order chi connectivity index (χ0) is 6.69. The number of nitrogens with one attached hydrogen (secondary N) is 1. The Labute approximate surface area is 52.1 Å². The molecule has 48 valence electrons. The molecule has 0 amide bonds. The van der Waals surface area contributed by atoms with Crippen molar-refractivity contribution < 1.29 is 9.18 Å². The third-order valence-corrected chi connectivity index (χ3v) is 1.02. The highest BCUT2D eigenvalue weighted by Crippen LogP contribution is 2.04. The minimum atomic E-state index is -0.400. The lowest BCUT2D eigenvalue weighted by molar-refractivity contribution is -0.105. The molecule has 0 aliphatic carbocycles. The second-order valence-electron chi connectivity index (χ2n) is 1.75. The molecule has 1 N–H and O–H groups in total. The highest BCUT2D eigenvalue weighted by atomic mass is 19.1. The van der Waals surface area contributed by atoms with Crippen LogP contribution < -0.4 is 5.32 Å². The van der Waals surface area contributed by atoms with E-state index in [4.69, 9.17) is 0 Å². The molecule has 0 bridgehead atoms. The van der Waals surface area contributed by atoms with Gasteiger partial charge in [0, 0.05) is 18.3 Å². The molecule has 0 aromatic rings. The van der Waals surface area contributed by atoms with Crippen LogP contribution in [0, 0.1) is 0 Å². The summed E-state index contributed by atoms with van der Waals surface area (Å²) in [5.74, 6) is -0.400. The summed E-state index contributed by atoms with van der Waals surface area (Å²) in [5, 5.41) is 2.60.